The summed E-state index contributed by atoms with van der Waals surface area (Å²) in [7, 11) is 1.35. The van der Waals surface area contributed by atoms with Gasteiger partial charge < -0.3 is 19.9 Å². The molecule has 0 aromatic heterocycles. The van der Waals surface area contributed by atoms with E-state index < -0.39 is 24.2 Å². The van der Waals surface area contributed by atoms with Crippen LogP contribution >= 0.6 is 24.0 Å². The molecule has 0 aliphatic carbocycles. The SMILES string of the molecule is COc1cc(C=C2SC(=S)NC2=O)cc(-c2ccc(F)c(F)c2)c1OCC(=O)O. The molecule has 6 nitrogen and oxygen atoms in total. The number of aliphatic carboxylic acids is 1. The fourth-order valence-corrected chi connectivity index (χ4v) is 3.64. The minimum Gasteiger partial charge on any atom is -0.493 e. The van der Waals surface area contributed by atoms with E-state index in [0.29, 0.717) is 14.8 Å². The van der Waals surface area contributed by atoms with Crippen LogP contribution in [0, 0.1) is 11.6 Å². The van der Waals surface area contributed by atoms with Gasteiger partial charge in [0, 0.05) is 5.56 Å². The molecular formula is C19H13F2NO5S2. The van der Waals surface area contributed by atoms with E-state index in [-0.39, 0.29) is 28.5 Å². The first-order valence-corrected chi connectivity index (χ1v) is 9.28. The largest absolute Gasteiger partial charge is 0.493 e. The van der Waals surface area contributed by atoms with Gasteiger partial charge in [0.1, 0.15) is 4.32 Å². The molecule has 1 heterocycles. The number of benzene rings is 2. The third kappa shape index (κ3) is 4.72. The van der Waals surface area contributed by atoms with Gasteiger partial charge in [-0.1, -0.05) is 30.0 Å². The number of carbonyl (C=O) groups is 2. The summed E-state index contributed by atoms with van der Waals surface area (Å²) >= 11 is 6.04. The molecule has 3 rings (SSSR count). The van der Waals surface area contributed by atoms with E-state index in [1.807, 2.05) is 0 Å². The van der Waals surface area contributed by atoms with Crippen LogP contribution in [-0.4, -0.2) is 35.0 Å². The Kier molecular flexibility index (Phi) is 6.14. The smallest absolute Gasteiger partial charge is 0.341 e. The maximum Gasteiger partial charge on any atom is 0.341 e. The number of carboxylic acids is 1. The fourth-order valence-electron chi connectivity index (χ4n) is 2.59. The second kappa shape index (κ2) is 8.58. The van der Waals surface area contributed by atoms with Gasteiger partial charge in [-0.15, -0.1) is 0 Å². The zero-order chi connectivity index (χ0) is 21.1. The van der Waals surface area contributed by atoms with Crippen LogP contribution in [0.3, 0.4) is 0 Å². The highest BCUT2D eigenvalue weighted by Gasteiger charge is 2.23. The van der Waals surface area contributed by atoms with Crippen molar-refractivity contribution in [3.63, 3.8) is 0 Å². The highest BCUT2D eigenvalue weighted by atomic mass is 32.2. The van der Waals surface area contributed by atoms with Gasteiger partial charge in [0.2, 0.25) is 0 Å². The van der Waals surface area contributed by atoms with Gasteiger partial charge in [-0.05, 0) is 41.5 Å². The Hall–Kier alpha value is -2.98. The molecule has 29 heavy (non-hydrogen) atoms. The molecule has 2 aromatic rings. The normalized spacial score (nSPS) is 14.8. The lowest BCUT2D eigenvalue weighted by atomic mass is 10.0. The highest BCUT2D eigenvalue weighted by Crippen LogP contribution is 2.41. The van der Waals surface area contributed by atoms with E-state index in [2.05, 4.69) is 5.32 Å². The molecule has 1 aliphatic heterocycles. The van der Waals surface area contributed by atoms with E-state index in [9.17, 15) is 18.4 Å². The van der Waals surface area contributed by atoms with Crippen molar-refractivity contribution in [2.75, 3.05) is 13.7 Å². The van der Waals surface area contributed by atoms with Crippen molar-refractivity contribution in [2.24, 2.45) is 0 Å². The van der Waals surface area contributed by atoms with Gasteiger partial charge in [-0.25, -0.2) is 13.6 Å². The predicted octanol–water partition coefficient (Wildman–Crippen LogP) is 3.59. The number of hydrogen-bond acceptors (Lipinski definition) is 6. The third-order valence-corrected chi connectivity index (χ3v) is 4.97. The van der Waals surface area contributed by atoms with Gasteiger partial charge in [0.15, 0.2) is 29.7 Å². The predicted molar refractivity (Wildman–Crippen MR) is 108 cm³/mol. The first-order valence-electron chi connectivity index (χ1n) is 8.05. The van der Waals surface area contributed by atoms with E-state index in [0.717, 1.165) is 23.9 Å². The maximum atomic E-state index is 13.8. The number of rotatable bonds is 6. The topological polar surface area (TPSA) is 84.9 Å². The molecular weight excluding hydrogens is 424 g/mol. The average molecular weight is 437 g/mol. The lowest BCUT2D eigenvalue weighted by Gasteiger charge is -2.16. The molecule has 150 valence electrons. The van der Waals surface area contributed by atoms with Crippen LogP contribution in [0.4, 0.5) is 8.78 Å². The number of thiocarbonyl (C=S) groups is 1. The number of carbonyl (C=O) groups excluding carboxylic acids is 1. The van der Waals surface area contributed by atoms with Gasteiger partial charge in [0.25, 0.3) is 5.91 Å². The molecule has 2 aromatic carbocycles. The Morgan fingerprint density at radius 3 is 2.62 bits per heavy atom. The Morgan fingerprint density at radius 2 is 2.03 bits per heavy atom. The Labute approximate surface area is 173 Å². The molecule has 1 aliphatic rings. The zero-order valence-corrected chi connectivity index (χ0v) is 16.5. The Morgan fingerprint density at radius 1 is 1.28 bits per heavy atom. The van der Waals surface area contributed by atoms with Crippen LogP contribution in [0.25, 0.3) is 17.2 Å². The molecule has 0 spiro atoms. The van der Waals surface area contributed by atoms with Crippen molar-refractivity contribution >= 4 is 46.3 Å². The maximum absolute atomic E-state index is 13.8. The van der Waals surface area contributed by atoms with E-state index in [1.165, 1.54) is 19.2 Å². The summed E-state index contributed by atoms with van der Waals surface area (Å²) in [5, 5.41) is 11.4. The molecule has 0 unspecified atom stereocenters. The fraction of sp³-hybridized carbons (Fsp3) is 0.105. The molecule has 1 saturated heterocycles. The molecule has 2 N–H and O–H groups in total. The average Bonchev–Trinajstić information content (AvgIpc) is 2.98. The number of halogens is 2. The van der Waals surface area contributed by atoms with E-state index >= 15 is 0 Å². The number of thioether (sulfide) groups is 1. The van der Waals surface area contributed by atoms with Crippen molar-refractivity contribution < 1.29 is 33.0 Å². The van der Waals surface area contributed by atoms with Gasteiger partial charge in [-0.3, -0.25) is 4.79 Å². The number of amides is 1. The van der Waals surface area contributed by atoms with E-state index in [4.69, 9.17) is 26.8 Å². The van der Waals surface area contributed by atoms with Crippen molar-refractivity contribution in [1.29, 1.82) is 0 Å². The van der Waals surface area contributed by atoms with Crippen molar-refractivity contribution in [1.82, 2.24) is 5.32 Å². The summed E-state index contributed by atoms with van der Waals surface area (Å²) in [5.74, 6) is -3.49. The Balaban J connectivity index is 2.16. The number of nitrogens with one attached hydrogen (secondary N) is 1. The second-order valence-electron chi connectivity index (χ2n) is 5.76. The molecule has 1 amide bonds. The summed E-state index contributed by atoms with van der Waals surface area (Å²) in [6.07, 6.45) is 1.55. The molecule has 0 radical (unpaired) electrons. The summed E-state index contributed by atoms with van der Waals surface area (Å²) in [6.45, 7) is -0.667. The van der Waals surface area contributed by atoms with Crippen molar-refractivity contribution in [2.45, 2.75) is 0 Å². The highest BCUT2D eigenvalue weighted by molar-refractivity contribution is 8.26. The lowest BCUT2D eigenvalue weighted by molar-refractivity contribution is -0.139. The lowest BCUT2D eigenvalue weighted by Crippen LogP contribution is -2.17. The minimum absolute atomic E-state index is 0.0436. The van der Waals surface area contributed by atoms with Crippen LogP contribution < -0.4 is 14.8 Å². The quantitative estimate of drug-likeness (QED) is 0.528. The summed E-state index contributed by atoms with van der Waals surface area (Å²) in [4.78, 5) is 23.2. The molecule has 1 fully saturated rings. The molecule has 0 bridgehead atoms. The van der Waals surface area contributed by atoms with Crippen molar-refractivity contribution in [3.8, 4) is 22.6 Å². The second-order valence-corrected chi connectivity index (χ2v) is 7.48. The van der Waals surface area contributed by atoms with Gasteiger partial charge in [0.05, 0.1) is 12.0 Å². The number of ether oxygens (including phenoxy) is 2. The van der Waals surface area contributed by atoms with Crippen LogP contribution in [0.2, 0.25) is 0 Å². The molecule has 0 saturated carbocycles. The van der Waals surface area contributed by atoms with Gasteiger partial charge >= 0.3 is 5.97 Å². The first-order chi connectivity index (χ1) is 13.8. The van der Waals surface area contributed by atoms with Crippen LogP contribution in [-0.2, 0) is 9.59 Å². The van der Waals surface area contributed by atoms with Crippen LogP contribution in [0.1, 0.15) is 5.56 Å². The number of methoxy groups -OCH3 is 1. The van der Waals surface area contributed by atoms with Gasteiger partial charge in [-0.2, -0.15) is 0 Å². The summed E-state index contributed by atoms with van der Waals surface area (Å²) in [5.41, 5.74) is 0.996. The molecule has 0 atom stereocenters. The number of carboxylic acid groups (broad SMARTS) is 1. The van der Waals surface area contributed by atoms with Crippen molar-refractivity contribution in [3.05, 3.63) is 52.4 Å². The monoisotopic (exact) mass is 437 g/mol. The summed E-state index contributed by atoms with van der Waals surface area (Å²) < 4.78 is 38.1. The minimum atomic E-state index is -1.22. The van der Waals surface area contributed by atoms with Crippen LogP contribution in [0.5, 0.6) is 11.5 Å². The van der Waals surface area contributed by atoms with Crippen LogP contribution in [0.15, 0.2) is 35.2 Å². The first kappa shape index (κ1) is 20.7. The Bertz CT molecular complexity index is 1060. The molecule has 10 heteroatoms. The standard InChI is InChI=1S/C19H13F2NO5S2/c1-26-14-5-9(6-15-18(25)22-19(28)29-15)4-11(17(14)27-8-16(23)24)10-2-3-12(20)13(21)7-10/h2-7H,8H2,1H3,(H,23,24)(H,22,25,28). The zero-order valence-electron chi connectivity index (χ0n) is 14.8. The number of hydrogen-bond donors (Lipinski definition) is 2. The summed E-state index contributed by atoms with van der Waals surface area (Å²) in [6, 6.07) is 6.31. The van der Waals surface area contributed by atoms with E-state index in [1.54, 1.807) is 12.1 Å². The third-order valence-electron chi connectivity index (χ3n) is 3.81.